The number of para-hydroxylation sites is 1. The van der Waals surface area contributed by atoms with E-state index in [4.69, 9.17) is 9.47 Å². The Morgan fingerprint density at radius 2 is 1.82 bits per heavy atom. The second-order valence-electron chi connectivity index (χ2n) is 5.12. The minimum absolute atomic E-state index is 0.427. The van der Waals surface area contributed by atoms with E-state index in [0.717, 1.165) is 16.5 Å². The second-order valence-corrected chi connectivity index (χ2v) is 5.12. The van der Waals surface area contributed by atoms with Crippen molar-refractivity contribution in [2.75, 3.05) is 0 Å². The molecular formula is C17H15NO4. The van der Waals surface area contributed by atoms with Crippen molar-refractivity contribution in [3.8, 4) is 0 Å². The first-order valence-corrected chi connectivity index (χ1v) is 6.97. The van der Waals surface area contributed by atoms with Gasteiger partial charge >= 0.3 is 11.9 Å². The number of aromatic nitrogens is 1. The van der Waals surface area contributed by atoms with Crippen molar-refractivity contribution in [1.29, 1.82) is 0 Å². The molecule has 0 unspecified atom stereocenters. The van der Waals surface area contributed by atoms with Crippen molar-refractivity contribution < 1.29 is 19.1 Å². The maximum Gasteiger partial charge on any atom is 0.303 e. The summed E-state index contributed by atoms with van der Waals surface area (Å²) in [5.74, 6) is -0.861. The van der Waals surface area contributed by atoms with Gasteiger partial charge in [0.25, 0.3) is 0 Å². The van der Waals surface area contributed by atoms with E-state index in [-0.39, 0.29) is 0 Å². The van der Waals surface area contributed by atoms with E-state index in [0.29, 0.717) is 5.69 Å². The Balaban J connectivity index is 2.10. The van der Waals surface area contributed by atoms with Crippen molar-refractivity contribution >= 4 is 28.9 Å². The van der Waals surface area contributed by atoms with Gasteiger partial charge in [-0.1, -0.05) is 18.2 Å². The van der Waals surface area contributed by atoms with Crippen molar-refractivity contribution in [3.05, 3.63) is 47.7 Å². The summed E-state index contributed by atoms with van der Waals surface area (Å²) in [6.07, 6.45) is 2.16. The van der Waals surface area contributed by atoms with Gasteiger partial charge in [-0.15, -0.1) is 0 Å². The highest BCUT2D eigenvalue weighted by atomic mass is 16.6. The van der Waals surface area contributed by atoms with Gasteiger partial charge in [0.15, 0.2) is 12.2 Å². The Morgan fingerprint density at radius 3 is 2.55 bits per heavy atom. The van der Waals surface area contributed by atoms with Crippen molar-refractivity contribution in [3.63, 3.8) is 0 Å². The van der Waals surface area contributed by atoms with Gasteiger partial charge in [-0.05, 0) is 24.3 Å². The zero-order chi connectivity index (χ0) is 15.7. The molecule has 5 nitrogen and oxygen atoms in total. The summed E-state index contributed by atoms with van der Waals surface area (Å²) in [4.78, 5) is 27.2. The van der Waals surface area contributed by atoms with Crippen LogP contribution in [0.2, 0.25) is 0 Å². The van der Waals surface area contributed by atoms with E-state index in [1.54, 1.807) is 12.2 Å². The van der Waals surface area contributed by atoms with E-state index < -0.39 is 24.1 Å². The average Bonchev–Trinajstić information content (AvgIpc) is 2.47. The molecule has 0 saturated carbocycles. The topological polar surface area (TPSA) is 65.5 Å². The highest BCUT2D eigenvalue weighted by Crippen LogP contribution is 2.34. The summed E-state index contributed by atoms with van der Waals surface area (Å²) in [5, 5.41) is 0.940. The Hall–Kier alpha value is -2.69. The van der Waals surface area contributed by atoms with E-state index in [2.05, 4.69) is 4.98 Å². The van der Waals surface area contributed by atoms with Gasteiger partial charge in [0.2, 0.25) is 0 Å². The SMILES string of the molecule is CC(=O)O[C@H]1C=Cc2nc3ccccc3cc2[C@@H]1OC(C)=O. The van der Waals surface area contributed by atoms with Crippen LogP contribution in [0.1, 0.15) is 31.2 Å². The first-order valence-electron chi connectivity index (χ1n) is 6.97. The molecule has 0 N–H and O–H groups in total. The maximum absolute atomic E-state index is 11.4. The molecule has 0 fully saturated rings. The first kappa shape index (κ1) is 14.3. The van der Waals surface area contributed by atoms with Crippen molar-refractivity contribution in [2.45, 2.75) is 26.1 Å². The minimum Gasteiger partial charge on any atom is -0.454 e. The fraction of sp³-hybridized carbons (Fsp3) is 0.235. The summed E-state index contributed by atoms with van der Waals surface area (Å²) in [5.41, 5.74) is 2.31. The van der Waals surface area contributed by atoms with Crippen LogP contribution in [-0.4, -0.2) is 23.0 Å². The molecule has 2 aromatic rings. The molecule has 0 bridgehead atoms. The number of hydrogen-bond acceptors (Lipinski definition) is 5. The van der Waals surface area contributed by atoms with Gasteiger partial charge in [-0.2, -0.15) is 0 Å². The van der Waals surface area contributed by atoms with E-state index in [1.165, 1.54) is 13.8 Å². The largest absolute Gasteiger partial charge is 0.454 e. The molecule has 5 heteroatoms. The number of fused-ring (bicyclic) bond motifs is 2. The fourth-order valence-corrected chi connectivity index (χ4v) is 2.57. The minimum atomic E-state index is -0.682. The average molecular weight is 297 g/mol. The van der Waals surface area contributed by atoms with E-state index in [9.17, 15) is 9.59 Å². The van der Waals surface area contributed by atoms with Crippen LogP contribution in [-0.2, 0) is 19.1 Å². The smallest absolute Gasteiger partial charge is 0.303 e. The molecule has 1 aliphatic rings. The number of esters is 2. The van der Waals surface area contributed by atoms with Crippen molar-refractivity contribution in [1.82, 2.24) is 4.98 Å². The molecule has 112 valence electrons. The molecular weight excluding hydrogens is 282 g/mol. The summed E-state index contributed by atoms with van der Waals surface area (Å²) >= 11 is 0. The zero-order valence-electron chi connectivity index (χ0n) is 12.3. The number of carbonyl (C=O) groups excluding carboxylic acids is 2. The van der Waals surface area contributed by atoms with Crippen LogP contribution in [0.5, 0.6) is 0 Å². The number of rotatable bonds is 2. The molecule has 1 aromatic heterocycles. The van der Waals surface area contributed by atoms with Gasteiger partial charge in [0.05, 0.1) is 11.2 Å². The third kappa shape index (κ3) is 2.70. The molecule has 0 spiro atoms. The number of ether oxygens (including phenoxy) is 2. The highest BCUT2D eigenvalue weighted by molar-refractivity contribution is 5.82. The molecule has 0 radical (unpaired) electrons. The lowest BCUT2D eigenvalue weighted by Gasteiger charge is -2.28. The Bertz CT molecular complexity index is 781. The van der Waals surface area contributed by atoms with Crippen LogP contribution in [0.25, 0.3) is 17.0 Å². The molecule has 0 aliphatic heterocycles. The molecule has 22 heavy (non-hydrogen) atoms. The van der Waals surface area contributed by atoms with Crippen LogP contribution in [0.3, 0.4) is 0 Å². The summed E-state index contributed by atoms with van der Waals surface area (Å²) in [6.45, 7) is 2.66. The lowest BCUT2D eigenvalue weighted by atomic mass is 9.95. The lowest BCUT2D eigenvalue weighted by molar-refractivity contribution is -0.162. The molecule has 0 saturated heterocycles. The molecule has 2 atom stereocenters. The number of carbonyl (C=O) groups is 2. The maximum atomic E-state index is 11.4. The van der Waals surface area contributed by atoms with Crippen LogP contribution < -0.4 is 0 Å². The quantitative estimate of drug-likeness (QED) is 0.797. The van der Waals surface area contributed by atoms with Crippen LogP contribution >= 0.6 is 0 Å². The number of benzene rings is 1. The first-order chi connectivity index (χ1) is 10.5. The molecule has 0 amide bonds. The van der Waals surface area contributed by atoms with Crippen LogP contribution in [0, 0.1) is 0 Å². The summed E-state index contributed by atoms with van der Waals surface area (Å²) in [7, 11) is 0. The summed E-state index contributed by atoms with van der Waals surface area (Å²) in [6, 6.07) is 9.61. The fourth-order valence-electron chi connectivity index (χ4n) is 2.57. The molecule has 1 aliphatic carbocycles. The predicted octanol–water partition coefficient (Wildman–Crippen LogP) is 2.80. The Labute approximate surface area is 127 Å². The molecule has 1 heterocycles. The monoisotopic (exact) mass is 297 g/mol. The zero-order valence-corrected chi connectivity index (χ0v) is 12.3. The third-order valence-corrected chi connectivity index (χ3v) is 3.43. The van der Waals surface area contributed by atoms with Gasteiger partial charge in [-0.25, -0.2) is 4.98 Å². The van der Waals surface area contributed by atoms with E-state index >= 15 is 0 Å². The lowest BCUT2D eigenvalue weighted by Crippen LogP contribution is -2.29. The standard InChI is InChI=1S/C17H15NO4/c1-10(19)21-16-8-7-15-13(17(16)22-11(2)20)9-12-5-3-4-6-14(12)18-15/h3-9,16-17H,1-2H3/t16-,17-/m0/s1. The second kappa shape index (κ2) is 5.60. The molecule has 3 rings (SSSR count). The summed E-state index contributed by atoms with van der Waals surface area (Å²) < 4.78 is 10.6. The Kier molecular flexibility index (Phi) is 3.63. The van der Waals surface area contributed by atoms with Gasteiger partial charge in [0, 0.05) is 24.8 Å². The van der Waals surface area contributed by atoms with Gasteiger partial charge < -0.3 is 9.47 Å². The van der Waals surface area contributed by atoms with Crippen LogP contribution in [0.4, 0.5) is 0 Å². The third-order valence-electron chi connectivity index (χ3n) is 3.43. The number of hydrogen-bond donors (Lipinski definition) is 0. The van der Waals surface area contributed by atoms with Gasteiger partial charge in [-0.3, -0.25) is 9.59 Å². The number of nitrogens with zero attached hydrogens (tertiary/aromatic N) is 1. The number of pyridine rings is 1. The normalized spacial score (nSPS) is 19.5. The van der Waals surface area contributed by atoms with E-state index in [1.807, 2.05) is 30.3 Å². The highest BCUT2D eigenvalue weighted by Gasteiger charge is 2.32. The van der Waals surface area contributed by atoms with Crippen molar-refractivity contribution in [2.24, 2.45) is 0 Å². The molecule has 1 aromatic carbocycles. The predicted molar refractivity (Wildman–Crippen MR) is 80.8 cm³/mol. The van der Waals surface area contributed by atoms with Crippen LogP contribution in [0.15, 0.2) is 36.4 Å². The van der Waals surface area contributed by atoms with Gasteiger partial charge in [0.1, 0.15) is 0 Å². The Morgan fingerprint density at radius 1 is 1.09 bits per heavy atom.